The van der Waals surface area contributed by atoms with Crippen LogP contribution in [0.1, 0.15) is 61.4 Å². The van der Waals surface area contributed by atoms with E-state index in [1.54, 1.807) is 6.07 Å². The highest BCUT2D eigenvalue weighted by atomic mass is 32.2. The molecule has 1 fully saturated rings. The van der Waals surface area contributed by atoms with Crippen LogP contribution in [0.2, 0.25) is 0 Å². The van der Waals surface area contributed by atoms with Gasteiger partial charge in [0.05, 0.1) is 17.6 Å². The summed E-state index contributed by atoms with van der Waals surface area (Å²) in [6, 6.07) is 12.1. The minimum Gasteiger partial charge on any atom is -0.496 e. The second-order valence-electron chi connectivity index (χ2n) is 7.88. The first-order valence-corrected chi connectivity index (χ1v) is 11.9. The van der Waals surface area contributed by atoms with Gasteiger partial charge in [-0.15, -0.1) is 0 Å². The number of anilines is 1. The summed E-state index contributed by atoms with van der Waals surface area (Å²) in [6.45, 7) is 5.13. The Kier molecular flexibility index (Phi) is 7.15. The molecule has 1 aliphatic heterocycles. The maximum atomic E-state index is 13.2. The molecule has 0 aromatic heterocycles. The number of benzene rings is 2. The van der Waals surface area contributed by atoms with Crippen LogP contribution in [0, 0.1) is 0 Å². The first-order chi connectivity index (χ1) is 14.3. The molecule has 7 heteroatoms. The molecule has 2 aromatic carbocycles. The Morgan fingerprint density at radius 2 is 1.70 bits per heavy atom. The summed E-state index contributed by atoms with van der Waals surface area (Å²) in [7, 11) is -2.19. The molecule has 0 atom stereocenters. The summed E-state index contributed by atoms with van der Waals surface area (Å²) in [6.07, 6.45) is 3.79. The van der Waals surface area contributed by atoms with Gasteiger partial charge < -0.3 is 10.1 Å². The summed E-state index contributed by atoms with van der Waals surface area (Å²) >= 11 is 0. The lowest BCUT2D eigenvalue weighted by Crippen LogP contribution is -2.32. The van der Waals surface area contributed by atoms with Gasteiger partial charge in [0.1, 0.15) is 5.75 Å². The molecule has 0 spiro atoms. The van der Waals surface area contributed by atoms with Crippen LogP contribution in [-0.2, 0) is 10.0 Å². The zero-order valence-electron chi connectivity index (χ0n) is 17.8. The first kappa shape index (κ1) is 22.3. The highest BCUT2D eigenvalue weighted by Crippen LogP contribution is 2.29. The number of methoxy groups -OCH3 is 1. The molecule has 0 bridgehead atoms. The Bertz CT molecular complexity index is 994. The molecule has 162 valence electrons. The van der Waals surface area contributed by atoms with E-state index in [1.807, 2.05) is 24.3 Å². The Hall–Kier alpha value is -2.38. The number of amides is 1. The van der Waals surface area contributed by atoms with Gasteiger partial charge in [0.25, 0.3) is 5.91 Å². The van der Waals surface area contributed by atoms with Crippen molar-refractivity contribution >= 4 is 21.6 Å². The molecule has 0 aliphatic carbocycles. The van der Waals surface area contributed by atoms with Crippen molar-refractivity contribution in [3.63, 3.8) is 0 Å². The van der Waals surface area contributed by atoms with Crippen LogP contribution < -0.4 is 10.1 Å². The van der Waals surface area contributed by atoms with Gasteiger partial charge in [-0.2, -0.15) is 4.31 Å². The Morgan fingerprint density at radius 1 is 1.03 bits per heavy atom. The van der Waals surface area contributed by atoms with Crippen molar-refractivity contribution in [2.24, 2.45) is 0 Å². The van der Waals surface area contributed by atoms with Crippen LogP contribution in [0.25, 0.3) is 0 Å². The van der Waals surface area contributed by atoms with Gasteiger partial charge in [0.2, 0.25) is 10.0 Å². The van der Waals surface area contributed by atoms with Gasteiger partial charge in [-0.25, -0.2) is 8.42 Å². The minimum absolute atomic E-state index is 0.118. The number of sulfonamides is 1. The number of nitrogens with zero attached hydrogens (tertiary/aromatic N) is 1. The van der Waals surface area contributed by atoms with Gasteiger partial charge in [-0.3, -0.25) is 4.79 Å². The molecule has 1 N–H and O–H groups in total. The van der Waals surface area contributed by atoms with Crippen LogP contribution in [0.15, 0.2) is 47.4 Å². The van der Waals surface area contributed by atoms with E-state index in [0.717, 1.165) is 31.2 Å². The van der Waals surface area contributed by atoms with E-state index in [2.05, 4.69) is 19.2 Å². The van der Waals surface area contributed by atoms with E-state index in [-0.39, 0.29) is 16.4 Å². The van der Waals surface area contributed by atoms with E-state index in [1.165, 1.54) is 23.5 Å². The van der Waals surface area contributed by atoms with Gasteiger partial charge in [0.15, 0.2) is 0 Å². The van der Waals surface area contributed by atoms with Crippen molar-refractivity contribution in [2.45, 2.75) is 50.3 Å². The molecule has 2 aromatic rings. The third-order valence-electron chi connectivity index (χ3n) is 5.45. The highest BCUT2D eigenvalue weighted by Gasteiger charge is 2.27. The lowest BCUT2D eigenvalue weighted by atomic mass is 10.0. The van der Waals surface area contributed by atoms with E-state index >= 15 is 0 Å². The molecule has 1 aliphatic rings. The van der Waals surface area contributed by atoms with Crippen LogP contribution in [0.4, 0.5) is 5.69 Å². The minimum atomic E-state index is -3.66. The first-order valence-electron chi connectivity index (χ1n) is 10.4. The number of ether oxygens (including phenoxy) is 1. The van der Waals surface area contributed by atoms with Crippen molar-refractivity contribution in [1.82, 2.24) is 4.31 Å². The zero-order chi connectivity index (χ0) is 21.7. The fourth-order valence-corrected chi connectivity index (χ4v) is 5.30. The molecule has 6 nitrogen and oxygen atoms in total. The number of rotatable bonds is 6. The third-order valence-corrected chi connectivity index (χ3v) is 7.34. The van der Waals surface area contributed by atoms with Crippen LogP contribution in [0.3, 0.4) is 0 Å². The summed E-state index contributed by atoms with van der Waals surface area (Å²) < 4.78 is 33.2. The van der Waals surface area contributed by atoms with Gasteiger partial charge in [-0.1, -0.05) is 44.9 Å². The maximum absolute atomic E-state index is 13.2. The largest absolute Gasteiger partial charge is 0.496 e. The normalized spacial score (nSPS) is 15.6. The van der Waals surface area contributed by atoms with Gasteiger partial charge in [0, 0.05) is 18.8 Å². The Labute approximate surface area is 179 Å². The molecule has 0 unspecified atom stereocenters. The molecule has 1 amide bonds. The molecular formula is C23H30N2O4S. The van der Waals surface area contributed by atoms with Gasteiger partial charge >= 0.3 is 0 Å². The monoisotopic (exact) mass is 430 g/mol. The third kappa shape index (κ3) is 4.84. The molecule has 1 heterocycles. The number of para-hydroxylation sites is 1. The lowest BCUT2D eigenvalue weighted by molar-refractivity contribution is 0.102. The lowest BCUT2D eigenvalue weighted by Gasteiger charge is -2.21. The number of nitrogens with one attached hydrogen (secondary N) is 1. The fourth-order valence-electron chi connectivity index (χ4n) is 3.76. The topological polar surface area (TPSA) is 75.7 Å². The van der Waals surface area contributed by atoms with Crippen molar-refractivity contribution in [3.05, 3.63) is 53.6 Å². The SMILES string of the molecule is COc1ccc(S(=O)(=O)N2CCCCCC2)cc1C(=O)Nc1ccccc1C(C)C. The fraction of sp³-hybridized carbons (Fsp3) is 0.435. The number of carbonyl (C=O) groups excluding carboxylic acids is 1. The summed E-state index contributed by atoms with van der Waals surface area (Å²) in [5.74, 6) is 0.176. The predicted octanol–water partition coefficient (Wildman–Crippen LogP) is 4.64. The quantitative estimate of drug-likeness (QED) is 0.725. The molecule has 30 heavy (non-hydrogen) atoms. The second kappa shape index (κ2) is 9.62. The van der Waals surface area contributed by atoms with E-state index in [0.29, 0.717) is 24.5 Å². The number of carbonyl (C=O) groups is 1. The summed E-state index contributed by atoms with van der Waals surface area (Å²) in [5, 5.41) is 2.92. The van der Waals surface area contributed by atoms with E-state index in [9.17, 15) is 13.2 Å². The average molecular weight is 431 g/mol. The van der Waals surface area contributed by atoms with Gasteiger partial charge in [-0.05, 0) is 48.6 Å². The molecular weight excluding hydrogens is 400 g/mol. The molecule has 3 rings (SSSR count). The smallest absolute Gasteiger partial charge is 0.259 e. The van der Waals surface area contributed by atoms with E-state index < -0.39 is 15.9 Å². The number of hydrogen-bond donors (Lipinski definition) is 1. The Morgan fingerprint density at radius 3 is 2.33 bits per heavy atom. The number of hydrogen-bond acceptors (Lipinski definition) is 4. The molecule has 0 saturated carbocycles. The Balaban J connectivity index is 1.94. The second-order valence-corrected chi connectivity index (χ2v) is 9.81. The summed E-state index contributed by atoms with van der Waals surface area (Å²) in [5.41, 5.74) is 1.92. The standard InChI is InChI=1S/C23H30N2O4S/c1-17(2)19-10-6-7-11-21(19)24-23(26)20-16-18(12-13-22(20)29-3)30(27,28)25-14-8-4-5-9-15-25/h6-7,10-13,16-17H,4-5,8-9,14-15H2,1-3H3,(H,24,26). The van der Waals surface area contributed by atoms with Crippen molar-refractivity contribution in [1.29, 1.82) is 0 Å². The van der Waals surface area contributed by atoms with Crippen LogP contribution >= 0.6 is 0 Å². The molecule has 1 saturated heterocycles. The maximum Gasteiger partial charge on any atom is 0.259 e. The average Bonchev–Trinajstić information content (AvgIpc) is 3.03. The highest BCUT2D eigenvalue weighted by molar-refractivity contribution is 7.89. The van der Waals surface area contributed by atoms with Crippen molar-refractivity contribution in [3.8, 4) is 5.75 Å². The molecule has 0 radical (unpaired) electrons. The zero-order valence-corrected chi connectivity index (χ0v) is 18.7. The summed E-state index contributed by atoms with van der Waals surface area (Å²) in [4.78, 5) is 13.2. The van der Waals surface area contributed by atoms with Crippen LogP contribution in [0.5, 0.6) is 5.75 Å². The van der Waals surface area contributed by atoms with Crippen molar-refractivity contribution in [2.75, 3.05) is 25.5 Å². The predicted molar refractivity (Wildman–Crippen MR) is 119 cm³/mol. The van der Waals surface area contributed by atoms with Crippen molar-refractivity contribution < 1.29 is 17.9 Å². The van der Waals surface area contributed by atoms with E-state index in [4.69, 9.17) is 4.74 Å². The van der Waals surface area contributed by atoms with Crippen LogP contribution in [-0.4, -0.2) is 38.8 Å².